The number of aromatic carboxylic acids is 1. The molecule has 0 atom stereocenters. The predicted molar refractivity (Wildman–Crippen MR) is 74.8 cm³/mol. The van der Waals surface area contributed by atoms with Crippen LogP contribution in [-0.2, 0) is 13.6 Å². The summed E-state index contributed by atoms with van der Waals surface area (Å²) in [6, 6.07) is 3.95. The number of carboxylic acid groups (broad SMARTS) is 1. The minimum atomic E-state index is -0.967. The molecule has 3 aromatic heterocycles. The number of carbonyl (C=O) groups is 1. The number of aryl methyl sites for hydroxylation is 1. The van der Waals surface area contributed by atoms with Gasteiger partial charge in [-0.3, -0.25) is 4.68 Å². The van der Waals surface area contributed by atoms with Crippen molar-refractivity contribution in [3.8, 4) is 10.7 Å². The van der Waals surface area contributed by atoms with E-state index in [1.165, 1.54) is 6.20 Å². The van der Waals surface area contributed by atoms with E-state index in [-0.39, 0.29) is 5.56 Å². The summed E-state index contributed by atoms with van der Waals surface area (Å²) in [6.07, 6.45) is 4.93. The van der Waals surface area contributed by atoms with Gasteiger partial charge in [-0.15, -0.1) is 11.3 Å². The number of hydrogen-bond acceptors (Lipinski definition) is 4. The van der Waals surface area contributed by atoms with Gasteiger partial charge in [0, 0.05) is 19.4 Å². The fourth-order valence-corrected chi connectivity index (χ4v) is 2.79. The van der Waals surface area contributed by atoms with Crippen LogP contribution < -0.4 is 0 Å². The normalized spacial score (nSPS) is 10.8. The number of imidazole rings is 1. The van der Waals surface area contributed by atoms with Crippen LogP contribution in [0.15, 0.2) is 36.1 Å². The lowest BCUT2D eigenvalue weighted by atomic mass is 10.2. The molecule has 3 rings (SSSR count). The standard InChI is InChI=1S/C13H12N4O2S/c1-16-10(9(7-15-16)13(18)19)8-17-5-4-14-12(17)11-3-2-6-20-11/h2-7H,8H2,1H3,(H,18,19). The molecule has 0 aliphatic rings. The SMILES string of the molecule is Cn1ncc(C(=O)O)c1Cn1ccnc1-c1cccs1. The summed E-state index contributed by atoms with van der Waals surface area (Å²) in [5.74, 6) is -0.136. The van der Waals surface area contributed by atoms with Gasteiger partial charge in [-0.2, -0.15) is 5.10 Å². The van der Waals surface area contributed by atoms with Crippen LogP contribution in [-0.4, -0.2) is 30.4 Å². The van der Waals surface area contributed by atoms with Gasteiger partial charge in [-0.1, -0.05) is 6.07 Å². The molecule has 0 unspecified atom stereocenters. The molecule has 0 aliphatic heterocycles. The van der Waals surface area contributed by atoms with Crippen molar-refractivity contribution in [3.63, 3.8) is 0 Å². The number of thiophene rings is 1. The molecule has 0 aromatic carbocycles. The van der Waals surface area contributed by atoms with Gasteiger partial charge in [0.15, 0.2) is 0 Å². The molecule has 0 aliphatic carbocycles. The molecular weight excluding hydrogens is 276 g/mol. The van der Waals surface area contributed by atoms with Crippen LogP contribution in [0, 0.1) is 0 Å². The highest BCUT2D eigenvalue weighted by molar-refractivity contribution is 7.13. The Labute approximate surface area is 118 Å². The first-order chi connectivity index (χ1) is 9.66. The summed E-state index contributed by atoms with van der Waals surface area (Å²) in [6.45, 7) is 0.422. The average Bonchev–Trinajstić information content (AvgIpc) is 3.11. The van der Waals surface area contributed by atoms with Crippen molar-refractivity contribution >= 4 is 17.3 Å². The molecule has 0 fully saturated rings. The van der Waals surface area contributed by atoms with Gasteiger partial charge in [0.1, 0.15) is 11.4 Å². The van der Waals surface area contributed by atoms with Gasteiger partial charge in [-0.25, -0.2) is 9.78 Å². The number of rotatable bonds is 4. The lowest BCUT2D eigenvalue weighted by molar-refractivity contribution is 0.0695. The lowest BCUT2D eigenvalue weighted by Crippen LogP contribution is -2.10. The molecule has 0 spiro atoms. The Balaban J connectivity index is 1.99. The molecule has 102 valence electrons. The number of nitrogens with zero attached hydrogens (tertiary/aromatic N) is 4. The van der Waals surface area contributed by atoms with Crippen molar-refractivity contribution in [3.05, 3.63) is 47.4 Å². The Morgan fingerprint density at radius 1 is 1.50 bits per heavy atom. The monoisotopic (exact) mass is 288 g/mol. The van der Waals surface area contributed by atoms with Gasteiger partial charge in [0.25, 0.3) is 0 Å². The minimum Gasteiger partial charge on any atom is -0.478 e. The summed E-state index contributed by atoms with van der Waals surface area (Å²) in [5, 5.41) is 15.2. The topological polar surface area (TPSA) is 72.9 Å². The van der Waals surface area contributed by atoms with Gasteiger partial charge in [-0.05, 0) is 11.4 Å². The zero-order valence-electron chi connectivity index (χ0n) is 10.7. The Morgan fingerprint density at radius 2 is 2.35 bits per heavy atom. The third-order valence-corrected chi connectivity index (χ3v) is 3.93. The number of aromatic nitrogens is 4. The van der Waals surface area contributed by atoms with Crippen molar-refractivity contribution in [2.24, 2.45) is 7.05 Å². The maximum atomic E-state index is 11.2. The van der Waals surface area contributed by atoms with E-state index in [9.17, 15) is 9.90 Å². The van der Waals surface area contributed by atoms with Crippen molar-refractivity contribution in [2.45, 2.75) is 6.54 Å². The van der Waals surface area contributed by atoms with Crippen molar-refractivity contribution < 1.29 is 9.90 Å². The predicted octanol–water partition coefficient (Wildman–Crippen LogP) is 2.09. The molecule has 0 amide bonds. The van der Waals surface area contributed by atoms with E-state index >= 15 is 0 Å². The highest BCUT2D eigenvalue weighted by atomic mass is 32.1. The van der Waals surface area contributed by atoms with Gasteiger partial charge in [0.2, 0.25) is 0 Å². The second-order valence-electron chi connectivity index (χ2n) is 4.29. The smallest absolute Gasteiger partial charge is 0.339 e. The summed E-state index contributed by atoms with van der Waals surface area (Å²) in [4.78, 5) is 16.6. The maximum Gasteiger partial charge on any atom is 0.339 e. The highest BCUT2D eigenvalue weighted by Crippen LogP contribution is 2.24. The molecule has 1 N–H and O–H groups in total. The van der Waals surface area contributed by atoms with E-state index in [0.717, 1.165) is 10.7 Å². The molecule has 0 saturated heterocycles. The molecule has 20 heavy (non-hydrogen) atoms. The van der Waals surface area contributed by atoms with E-state index < -0.39 is 5.97 Å². The zero-order valence-corrected chi connectivity index (χ0v) is 11.5. The molecule has 0 radical (unpaired) electrons. The van der Waals surface area contributed by atoms with Crippen LogP contribution in [0.2, 0.25) is 0 Å². The molecule has 0 saturated carbocycles. The zero-order chi connectivity index (χ0) is 14.1. The summed E-state index contributed by atoms with van der Waals surface area (Å²) in [5.41, 5.74) is 0.867. The average molecular weight is 288 g/mol. The fraction of sp³-hybridized carbons (Fsp3) is 0.154. The quantitative estimate of drug-likeness (QED) is 0.798. The molecule has 3 aromatic rings. The molecule has 7 heteroatoms. The molecule has 0 bridgehead atoms. The first kappa shape index (κ1) is 12.6. The highest BCUT2D eigenvalue weighted by Gasteiger charge is 2.17. The largest absolute Gasteiger partial charge is 0.478 e. The van der Waals surface area contributed by atoms with Crippen molar-refractivity contribution in [1.29, 1.82) is 0 Å². The summed E-state index contributed by atoms with van der Waals surface area (Å²) in [7, 11) is 1.74. The Hall–Kier alpha value is -2.41. The van der Waals surface area contributed by atoms with Crippen LogP contribution in [0.1, 0.15) is 16.1 Å². The first-order valence-electron chi connectivity index (χ1n) is 5.96. The van der Waals surface area contributed by atoms with Gasteiger partial charge >= 0.3 is 5.97 Å². The van der Waals surface area contributed by atoms with Gasteiger partial charge < -0.3 is 9.67 Å². The Kier molecular flexibility index (Phi) is 3.11. The second kappa shape index (κ2) is 4.93. The maximum absolute atomic E-state index is 11.2. The van der Waals surface area contributed by atoms with Crippen LogP contribution in [0.4, 0.5) is 0 Å². The number of hydrogen-bond donors (Lipinski definition) is 1. The first-order valence-corrected chi connectivity index (χ1v) is 6.84. The fourth-order valence-electron chi connectivity index (χ4n) is 2.06. The van der Waals surface area contributed by atoms with Crippen LogP contribution in [0.5, 0.6) is 0 Å². The molecule has 6 nitrogen and oxygen atoms in total. The van der Waals surface area contributed by atoms with E-state index in [1.807, 2.05) is 28.3 Å². The second-order valence-corrected chi connectivity index (χ2v) is 5.24. The summed E-state index contributed by atoms with van der Waals surface area (Å²) < 4.78 is 3.51. The molecular formula is C13H12N4O2S. The third-order valence-electron chi connectivity index (χ3n) is 3.07. The van der Waals surface area contributed by atoms with Gasteiger partial charge in [0.05, 0.1) is 23.3 Å². The van der Waals surface area contributed by atoms with E-state index in [0.29, 0.717) is 12.2 Å². The molecule has 3 heterocycles. The Morgan fingerprint density at radius 3 is 3.05 bits per heavy atom. The van der Waals surface area contributed by atoms with Crippen molar-refractivity contribution in [2.75, 3.05) is 0 Å². The van der Waals surface area contributed by atoms with E-state index in [1.54, 1.807) is 29.3 Å². The third kappa shape index (κ3) is 2.12. The number of carboxylic acids is 1. The van der Waals surface area contributed by atoms with Crippen LogP contribution in [0.25, 0.3) is 10.7 Å². The van der Waals surface area contributed by atoms with E-state index in [4.69, 9.17) is 0 Å². The van der Waals surface area contributed by atoms with Crippen LogP contribution in [0.3, 0.4) is 0 Å². The summed E-state index contributed by atoms with van der Waals surface area (Å²) >= 11 is 1.60. The minimum absolute atomic E-state index is 0.221. The Bertz CT molecular complexity index is 742. The van der Waals surface area contributed by atoms with E-state index in [2.05, 4.69) is 10.1 Å². The van der Waals surface area contributed by atoms with Crippen molar-refractivity contribution in [1.82, 2.24) is 19.3 Å². The lowest BCUT2D eigenvalue weighted by Gasteiger charge is -2.08. The van der Waals surface area contributed by atoms with Crippen LogP contribution >= 0.6 is 11.3 Å².